The number of hydrogen-bond donors (Lipinski definition) is 1. The number of nitrogens with zero attached hydrogens (tertiary/aromatic N) is 1. The van der Waals surface area contributed by atoms with Gasteiger partial charge in [-0.3, -0.25) is 9.10 Å². The molecule has 1 N–H and O–H groups in total. The molecule has 0 saturated carbocycles. The molecule has 0 spiro atoms. The van der Waals surface area contributed by atoms with Crippen molar-refractivity contribution < 1.29 is 13.2 Å². The minimum atomic E-state index is -3.91. The zero-order chi connectivity index (χ0) is 21.0. The van der Waals surface area contributed by atoms with Gasteiger partial charge in [-0.1, -0.05) is 42.5 Å². The summed E-state index contributed by atoms with van der Waals surface area (Å²) in [5, 5.41) is 2.82. The van der Waals surface area contributed by atoms with Crippen LogP contribution in [0.2, 0.25) is 0 Å². The summed E-state index contributed by atoms with van der Waals surface area (Å²) in [6, 6.07) is 21.0. The number of para-hydroxylation sites is 1. The predicted molar refractivity (Wildman–Crippen MR) is 117 cm³/mol. The highest BCUT2D eigenvalue weighted by Gasteiger charge is 2.28. The van der Waals surface area contributed by atoms with Gasteiger partial charge in [-0.2, -0.15) is 0 Å². The van der Waals surface area contributed by atoms with Gasteiger partial charge in [-0.05, 0) is 67.8 Å². The number of sulfonamides is 1. The van der Waals surface area contributed by atoms with Crippen LogP contribution < -0.4 is 9.62 Å². The molecule has 3 aromatic carbocycles. The smallest absolute Gasteiger partial charge is 0.264 e. The van der Waals surface area contributed by atoms with Gasteiger partial charge in [0.25, 0.3) is 10.0 Å². The van der Waals surface area contributed by atoms with Crippen molar-refractivity contribution >= 4 is 27.3 Å². The van der Waals surface area contributed by atoms with Crippen molar-refractivity contribution in [3.8, 4) is 0 Å². The first-order chi connectivity index (χ1) is 13.8. The first-order valence-electron chi connectivity index (χ1n) is 9.29. The van der Waals surface area contributed by atoms with E-state index in [2.05, 4.69) is 5.32 Å². The first kappa shape index (κ1) is 20.6. The third kappa shape index (κ3) is 4.84. The lowest BCUT2D eigenvalue weighted by molar-refractivity contribution is -0.114. The number of hydrogen-bond acceptors (Lipinski definition) is 3. The van der Waals surface area contributed by atoms with Crippen molar-refractivity contribution in [2.45, 2.75) is 25.7 Å². The van der Waals surface area contributed by atoms with Gasteiger partial charge in [0.15, 0.2) is 0 Å². The molecule has 29 heavy (non-hydrogen) atoms. The second kappa shape index (κ2) is 8.49. The van der Waals surface area contributed by atoms with Gasteiger partial charge in [0.2, 0.25) is 5.91 Å². The molecule has 5 nitrogen and oxygen atoms in total. The molecule has 0 atom stereocenters. The van der Waals surface area contributed by atoms with Crippen LogP contribution >= 0.6 is 0 Å². The molecule has 0 radical (unpaired) electrons. The number of carbonyl (C=O) groups excluding carboxylic acids is 1. The van der Waals surface area contributed by atoms with E-state index in [9.17, 15) is 13.2 Å². The second-order valence-corrected chi connectivity index (χ2v) is 8.90. The Kier molecular flexibility index (Phi) is 6.03. The molecular weight excluding hydrogens is 384 g/mol. The highest BCUT2D eigenvalue weighted by atomic mass is 32.2. The average molecular weight is 409 g/mol. The van der Waals surface area contributed by atoms with E-state index in [1.807, 2.05) is 51.1 Å². The SMILES string of the molecule is Cc1cc(C)cc(NC(=O)CN(c2ccccc2C)S(=O)(=O)c2ccccc2)c1. The highest BCUT2D eigenvalue weighted by Crippen LogP contribution is 2.26. The standard InChI is InChI=1S/C23H24N2O3S/c1-17-13-18(2)15-20(14-17)24-23(26)16-25(22-12-8-7-9-19(22)3)29(27,28)21-10-5-4-6-11-21/h4-15H,16H2,1-3H3,(H,24,26). The molecule has 0 aliphatic rings. The Balaban J connectivity index is 1.96. The lowest BCUT2D eigenvalue weighted by Gasteiger charge is -2.25. The third-order valence-corrected chi connectivity index (χ3v) is 6.28. The number of carbonyl (C=O) groups is 1. The topological polar surface area (TPSA) is 66.5 Å². The molecule has 0 heterocycles. The van der Waals surface area contributed by atoms with Crippen molar-refractivity contribution in [2.75, 3.05) is 16.2 Å². The molecule has 0 aromatic heterocycles. The second-order valence-electron chi connectivity index (χ2n) is 7.04. The predicted octanol–water partition coefficient (Wildman–Crippen LogP) is 4.45. The summed E-state index contributed by atoms with van der Waals surface area (Å²) in [7, 11) is -3.91. The van der Waals surface area contributed by atoms with Gasteiger partial charge in [-0.25, -0.2) is 8.42 Å². The molecule has 0 aliphatic heterocycles. The van der Waals surface area contributed by atoms with Crippen LogP contribution in [0.1, 0.15) is 16.7 Å². The fourth-order valence-electron chi connectivity index (χ4n) is 3.24. The lowest BCUT2D eigenvalue weighted by atomic mass is 10.1. The molecule has 0 unspecified atom stereocenters. The van der Waals surface area contributed by atoms with Crippen LogP contribution in [-0.4, -0.2) is 20.9 Å². The van der Waals surface area contributed by atoms with Gasteiger partial charge in [0.1, 0.15) is 6.54 Å². The number of anilines is 2. The Hall–Kier alpha value is -3.12. The number of amides is 1. The van der Waals surface area contributed by atoms with E-state index in [1.165, 1.54) is 12.1 Å². The first-order valence-corrected chi connectivity index (χ1v) is 10.7. The van der Waals surface area contributed by atoms with Gasteiger partial charge in [0, 0.05) is 5.69 Å². The van der Waals surface area contributed by atoms with Gasteiger partial charge < -0.3 is 5.32 Å². The molecule has 1 amide bonds. The van der Waals surface area contributed by atoms with E-state index in [4.69, 9.17) is 0 Å². The fraction of sp³-hybridized carbons (Fsp3) is 0.174. The Morgan fingerprint density at radius 2 is 1.45 bits per heavy atom. The van der Waals surface area contributed by atoms with Gasteiger partial charge in [0.05, 0.1) is 10.6 Å². The maximum absolute atomic E-state index is 13.3. The third-order valence-electron chi connectivity index (χ3n) is 4.51. The monoisotopic (exact) mass is 408 g/mol. The highest BCUT2D eigenvalue weighted by molar-refractivity contribution is 7.92. The summed E-state index contributed by atoms with van der Waals surface area (Å²) in [5.74, 6) is -0.405. The number of nitrogens with one attached hydrogen (secondary N) is 1. The van der Waals surface area contributed by atoms with Crippen LogP contribution in [-0.2, 0) is 14.8 Å². The molecule has 150 valence electrons. The minimum Gasteiger partial charge on any atom is -0.324 e. The molecule has 0 fully saturated rings. The summed E-state index contributed by atoms with van der Waals surface area (Å²) in [6.07, 6.45) is 0. The quantitative estimate of drug-likeness (QED) is 0.655. The van der Waals surface area contributed by atoms with E-state index in [0.29, 0.717) is 11.4 Å². The normalized spacial score (nSPS) is 11.1. The Morgan fingerprint density at radius 3 is 2.07 bits per heavy atom. The van der Waals surface area contributed by atoms with Crippen molar-refractivity contribution in [1.29, 1.82) is 0 Å². The molecular formula is C23H24N2O3S. The fourth-order valence-corrected chi connectivity index (χ4v) is 4.75. The number of benzene rings is 3. The van der Waals surface area contributed by atoms with Crippen molar-refractivity contribution in [1.82, 2.24) is 0 Å². The van der Waals surface area contributed by atoms with Crippen molar-refractivity contribution in [3.05, 3.63) is 89.5 Å². The van der Waals surface area contributed by atoms with Crippen molar-refractivity contribution in [3.63, 3.8) is 0 Å². The number of aryl methyl sites for hydroxylation is 3. The van der Waals surface area contributed by atoms with E-state index in [-0.39, 0.29) is 11.4 Å². The molecule has 6 heteroatoms. The maximum Gasteiger partial charge on any atom is 0.264 e. The summed E-state index contributed by atoms with van der Waals surface area (Å²) in [4.78, 5) is 12.9. The molecule has 0 saturated heterocycles. The van der Waals surface area contributed by atoms with E-state index in [1.54, 1.807) is 30.3 Å². The van der Waals surface area contributed by atoms with Crippen LogP contribution in [0.5, 0.6) is 0 Å². The zero-order valence-electron chi connectivity index (χ0n) is 16.7. The van der Waals surface area contributed by atoms with Gasteiger partial charge >= 0.3 is 0 Å². The molecule has 0 bridgehead atoms. The van der Waals surface area contributed by atoms with Crippen LogP contribution in [0.15, 0.2) is 77.7 Å². The summed E-state index contributed by atoms with van der Waals surface area (Å²) >= 11 is 0. The number of rotatable bonds is 6. The lowest BCUT2D eigenvalue weighted by Crippen LogP contribution is -2.38. The van der Waals surface area contributed by atoms with Crippen molar-refractivity contribution in [2.24, 2.45) is 0 Å². The van der Waals surface area contributed by atoms with E-state index >= 15 is 0 Å². The molecule has 0 aliphatic carbocycles. The molecule has 3 rings (SSSR count). The summed E-state index contributed by atoms with van der Waals surface area (Å²) in [5.41, 5.74) is 3.94. The van der Waals surface area contributed by atoms with Crippen LogP contribution in [0.4, 0.5) is 11.4 Å². The van der Waals surface area contributed by atoms with Crippen LogP contribution in [0, 0.1) is 20.8 Å². The Labute approximate surface area is 172 Å². The summed E-state index contributed by atoms with van der Waals surface area (Å²) < 4.78 is 27.8. The minimum absolute atomic E-state index is 0.141. The van der Waals surface area contributed by atoms with Crippen LogP contribution in [0.3, 0.4) is 0 Å². The van der Waals surface area contributed by atoms with E-state index < -0.39 is 15.9 Å². The largest absolute Gasteiger partial charge is 0.324 e. The zero-order valence-corrected chi connectivity index (χ0v) is 17.5. The maximum atomic E-state index is 13.3. The molecule has 3 aromatic rings. The average Bonchev–Trinajstić information content (AvgIpc) is 2.66. The summed E-state index contributed by atoms with van der Waals surface area (Å²) in [6.45, 7) is 5.39. The van der Waals surface area contributed by atoms with E-state index in [0.717, 1.165) is 21.0 Å². The van der Waals surface area contributed by atoms with Gasteiger partial charge in [-0.15, -0.1) is 0 Å². The Bertz CT molecular complexity index is 1110. The Morgan fingerprint density at radius 1 is 0.862 bits per heavy atom. The van der Waals surface area contributed by atoms with Crippen LogP contribution in [0.25, 0.3) is 0 Å².